The van der Waals surface area contributed by atoms with Crippen molar-refractivity contribution in [1.82, 2.24) is 15.2 Å². The van der Waals surface area contributed by atoms with Crippen LogP contribution < -0.4 is 5.32 Å². The predicted octanol–water partition coefficient (Wildman–Crippen LogP) is 1.06. The van der Waals surface area contributed by atoms with Crippen LogP contribution in [0.15, 0.2) is 18.2 Å². The molecule has 1 N–H and O–H groups in total. The van der Waals surface area contributed by atoms with E-state index in [-0.39, 0.29) is 0 Å². The van der Waals surface area contributed by atoms with Crippen molar-refractivity contribution >= 4 is 0 Å². The molecular formula is C13H23N3O. The number of pyridine rings is 1. The maximum Gasteiger partial charge on any atom is 0.0589 e. The van der Waals surface area contributed by atoms with Crippen LogP contribution in [0.2, 0.25) is 0 Å². The second-order valence-electron chi connectivity index (χ2n) is 4.24. The van der Waals surface area contributed by atoms with Crippen molar-refractivity contribution in [2.75, 3.05) is 40.4 Å². The smallest absolute Gasteiger partial charge is 0.0589 e. The minimum Gasteiger partial charge on any atom is -0.383 e. The van der Waals surface area contributed by atoms with Crippen molar-refractivity contribution < 1.29 is 4.74 Å². The van der Waals surface area contributed by atoms with Gasteiger partial charge in [-0.25, -0.2) is 0 Å². The lowest BCUT2D eigenvalue weighted by Crippen LogP contribution is -2.31. The molecule has 1 aromatic rings. The Hall–Kier alpha value is -0.970. The SMILES string of the molecule is COCCN(C)CCNCc1cccc(C)n1. The molecule has 0 aliphatic heterocycles. The zero-order chi connectivity index (χ0) is 12.5. The highest BCUT2D eigenvalue weighted by atomic mass is 16.5. The quantitative estimate of drug-likeness (QED) is 0.686. The molecule has 0 unspecified atom stereocenters. The summed E-state index contributed by atoms with van der Waals surface area (Å²) >= 11 is 0. The maximum absolute atomic E-state index is 5.03. The number of rotatable bonds is 8. The highest BCUT2D eigenvalue weighted by Gasteiger charge is 1.98. The molecule has 0 radical (unpaired) electrons. The van der Waals surface area contributed by atoms with Gasteiger partial charge in [0.15, 0.2) is 0 Å². The molecule has 96 valence electrons. The van der Waals surface area contributed by atoms with E-state index in [1.807, 2.05) is 19.1 Å². The Morgan fingerprint density at radius 2 is 2.18 bits per heavy atom. The molecule has 0 bridgehead atoms. The van der Waals surface area contributed by atoms with E-state index in [2.05, 4.69) is 28.3 Å². The zero-order valence-electron chi connectivity index (χ0n) is 11.1. The molecule has 0 fully saturated rings. The van der Waals surface area contributed by atoms with Gasteiger partial charge in [-0.15, -0.1) is 0 Å². The first kappa shape index (κ1) is 14.1. The fourth-order valence-electron chi connectivity index (χ4n) is 1.54. The van der Waals surface area contributed by atoms with Gasteiger partial charge in [-0.2, -0.15) is 0 Å². The second-order valence-corrected chi connectivity index (χ2v) is 4.24. The van der Waals surface area contributed by atoms with Gasteiger partial charge in [0.1, 0.15) is 0 Å². The minimum atomic E-state index is 0.788. The first-order valence-corrected chi connectivity index (χ1v) is 6.03. The van der Waals surface area contributed by atoms with Crippen LogP contribution in [0.3, 0.4) is 0 Å². The second kappa shape index (κ2) is 8.17. The van der Waals surface area contributed by atoms with E-state index >= 15 is 0 Å². The van der Waals surface area contributed by atoms with E-state index < -0.39 is 0 Å². The van der Waals surface area contributed by atoms with Gasteiger partial charge >= 0.3 is 0 Å². The molecule has 0 aromatic carbocycles. The number of hydrogen-bond donors (Lipinski definition) is 1. The number of nitrogens with one attached hydrogen (secondary N) is 1. The number of aryl methyl sites for hydroxylation is 1. The molecule has 0 aliphatic carbocycles. The molecule has 0 aliphatic rings. The zero-order valence-corrected chi connectivity index (χ0v) is 11.1. The van der Waals surface area contributed by atoms with E-state index in [0.717, 1.165) is 44.2 Å². The number of hydrogen-bond acceptors (Lipinski definition) is 4. The summed E-state index contributed by atoms with van der Waals surface area (Å²) in [6.45, 7) is 6.60. The van der Waals surface area contributed by atoms with Crippen molar-refractivity contribution in [1.29, 1.82) is 0 Å². The van der Waals surface area contributed by atoms with Crippen molar-refractivity contribution in [2.45, 2.75) is 13.5 Å². The van der Waals surface area contributed by atoms with Crippen LogP contribution in [0.4, 0.5) is 0 Å². The molecule has 0 saturated heterocycles. The maximum atomic E-state index is 5.03. The molecule has 17 heavy (non-hydrogen) atoms. The van der Waals surface area contributed by atoms with Crippen LogP contribution in [0.5, 0.6) is 0 Å². The third-order valence-electron chi connectivity index (χ3n) is 2.60. The Morgan fingerprint density at radius 3 is 2.88 bits per heavy atom. The van der Waals surface area contributed by atoms with Gasteiger partial charge in [-0.3, -0.25) is 4.98 Å². The van der Waals surface area contributed by atoms with Crippen LogP contribution in [-0.4, -0.2) is 50.3 Å². The highest BCUT2D eigenvalue weighted by Crippen LogP contribution is 1.97. The fourth-order valence-corrected chi connectivity index (χ4v) is 1.54. The Morgan fingerprint density at radius 1 is 1.35 bits per heavy atom. The largest absolute Gasteiger partial charge is 0.383 e. The first-order chi connectivity index (χ1) is 8.22. The van der Waals surface area contributed by atoms with Gasteiger partial charge in [0.05, 0.1) is 12.3 Å². The number of nitrogens with zero attached hydrogens (tertiary/aromatic N) is 2. The normalized spacial score (nSPS) is 11.1. The predicted molar refractivity (Wildman–Crippen MR) is 70.1 cm³/mol. The molecule has 1 rings (SSSR count). The molecular weight excluding hydrogens is 214 g/mol. The Bertz CT molecular complexity index is 317. The monoisotopic (exact) mass is 237 g/mol. The average molecular weight is 237 g/mol. The summed E-state index contributed by atoms with van der Waals surface area (Å²) in [5.74, 6) is 0. The summed E-state index contributed by atoms with van der Waals surface area (Å²) < 4.78 is 5.03. The molecule has 1 aromatic heterocycles. The third-order valence-corrected chi connectivity index (χ3v) is 2.60. The van der Waals surface area contributed by atoms with Crippen LogP contribution in [0.25, 0.3) is 0 Å². The Labute approximate surface area is 104 Å². The van der Waals surface area contributed by atoms with Crippen LogP contribution in [0, 0.1) is 6.92 Å². The number of aromatic nitrogens is 1. The van der Waals surface area contributed by atoms with Crippen LogP contribution in [0.1, 0.15) is 11.4 Å². The van der Waals surface area contributed by atoms with E-state index in [1.165, 1.54) is 0 Å². The Balaban J connectivity index is 2.11. The van der Waals surface area contributed by atoms with Crippen molar-refractivity contribution in [2.24, 2.45) is 0 Å². The van der Waals surface area contributed by atoms with Gasteiger partial charge in [0, 0.05) is 39.0 Å². The molecule has 0 amide bonds. The van der Waals surface area contributed by atoms with E-state index in [9.17, 15) is 0 Å². The highest BCUT2D eigenvalue weighted by molar-refractivity contribution is 5.09. The molecule has 0 atom stereocenters. The first-order valence-electron chi connectivity index (χ1n) is 6.03. The van der Waals surface area contributed by atoms with Crippen LogP contribution >= 0.6 is 0 Å². The third kappa shape index (κ3) is 6.36. The fraction of sp³-hybridized carbons (Fsp3) is 0.615. The van der Waals surface area contributed by atoms with Gasteiger partial charge in [-0.1, -0.05) is 6.07 Å². The van der Waals surface area contributed by atoms with Gasteiger partial charge < -0.3 is 15.0 Å². The summed E-state index contributed by atoms with van der Waals surface area (Å²) in [7, 11) is 3.83. The summed E-state index contributed by atoms with van der Waals surface area (Å²) in [6.07, 6.45) is 0. The molecule has 1 heterocycles. The van der Waals surface area contributed by atoms with Crippen molar-refractivity contribution in [3.05, 3.63) is 29.6 Å². The van der Waals surface area contributed by atoms with E-state index in [1.54, 1.807) is 7.11 Å². The molecule has 0 spiro atoms. The molecule has 4 nitrogen and oxygen atoms in total. The van der Waals surface area contributed by atoms with Gasteiger partial charge in [0.2, 0.25) is 0 Å². The van der Waals surface area contributed by atoms with Crippen LogP contribution in [-0.2, 0) is 11.3 Å². The summed E-state index contributed by atoms with van der Waals surface area (Å²) in [5.41, 5.74) is 2.17. The van der Waals surface area contributed by atoms with Gasteiger partial charge in [0.25, 0.3) is 0 Å². The average Bonchev–Trinajstić information content (AvgIpc) is 2.32. The van der Waals surface area contributed by atoms with E-state index in [0.29, 0.717) is 0 Å². The number of ether oxygens (including phenoxy) is 1. The van der Waals surface area contributed by atoms with Gasteiger partial charge in [-0.05, 0) is 26.1 Å². The lowest BCUT2D eigenvalue weighted by molar-refractivity contribution is 0.161. The summed E-state index contributed by atoms with van der Waals surface area (Å²) in [6, 6.07) is 6.11. The minimum absolute atomic E-state index is 0.788. The Kier molecular flexibility index (Phi) is 6.77. The number of methoxy groups -OCH3 is 1. The lowest BCUT2D eigenvalue weighted by Gasteiger charge is -2.16. The molecule has 4 heteroatoms. The molecule has 0 saturated carbocycles. The van der Waals surface area contributed by atoms with E-state index in [4.69, 9.17) is 4.74 Å². The lowest BCUT2D eigenvalue weighted by atomic mass is 10.3. The van der Waals surface area contributed by atoms with Crippen molar-refractivity contribution in [3.63, 3.8) is 0 Å². The van der Waals surface area contributed by atoms with Crippen molar-refractivity contribution in [3.8, 4) is 0 Å². The topological polar surface area (TPSA) is 37.4 Å². The summed E-state index contributed by atoms with van der Waals surface area (Å²) in [4.78, 5) is 6.69. The standard InChI is InChI=1S/C13H23N3O/c1-12-5-4-6-13(15-12)11-14-7-8-16(2)9-10-17-3/h4-6,14H,7-11H2,1-3H3. The summed E-state index contributed by atoms with van der Waals surface area (Å²) in [5, 5.41) is 3.39. The number of likely N-dealkylation sites (N-methyl/N-ethyl adjacent to an activating group) is 1.